The maximum absolute atomic E-state index is 12.3. The minimum atomic E-state index is -3.96. The largest absolute Gasteiger partial charge is 0.485 e. The van der Waals surface area contributed by atoms with Crippen molar-refractivity contribution in [3.05, 3.63) is 77.4 Å². The Bertz CT molecular complexity index is 1230. The molecular weight excluding hydrogens is 438 g/mol. The molecule has 1 aromatic heterocycles. The number of hydrogen-bond donors (Lipinski definition) is 2. The van der Waals surface area contributed by atoms with Crippen molar-refractivity contribution in [3.63, 3.8) is 0 Å². The predicted molar refractivity (Wildman–Crippen MR) is 112 cm³/mol. The normalized spacial score (nSPS) is 11.5. The van der Waals surface area contributed by atoms with Gasteiger partial charge in [0.1, 0.15) is 12.3 Å². The molecule has 0 aliphatic rings. The lowest BCUT2D eigenvalue weighted by Crippen LogP contribution is -2.29. The molecule has 2 aromatic carbocycles. The van der Waals surface area contributed by atoms with E-state index in [4.69, 9.17) is 14.4 Å². The quantitative estimate of drug-likeness (QED) is 0.345. The van der Waals surface area contributed by atoms with E-state index in [1.165, 1.54) is 30.3 Å². The molecule has 0 fully saturated rings. The second-order valence-electron chi connectivity index (χ2n) is 6.53. The smallest absolute Gasteiger partial charge is 0.318 e. The molecule has 0 radical (unpaired) electrons. The Labute approximate surface area is 183 Å². The minimum absolute atomic E-state index is 0.133. The highest BCUT2D eigenvalue weighted by Crippen LogP contribution is 2.16. The molecule has 10 nitrogen and oxygen atoms in total. The number of carbonyl (C=O) groups excluding carboxylic acids is 1. The van der Waals surface area contributed by atoms with E-state index >= 15 is 0 Å². The zero-order valence-electron chi connectivity index (χ0n) is 16.9. The number of nitrogens with zero attached hydrogens (tertiary/aromatic N) is 2. The van der Waals surface area contributed by atoms with Crippen molar-refractivity contribution in [2.75, 3.05) is 6.54 Å². The van der Waals surface area contributed by atoms with Gasteiger partial charge in [-0.2, -0.15) is 9.71 Å². The van der Waals surface area contributed by atoms with Crippen LogP contribution in [-0.4, -0.2) is 42.0 Å². The first-order valence-electron chi connectivity index (χ1n) is 9.29. The Morgan fingerprint density at radius 3 is 2.41 bits per heavy atom. The number of aromatic nitrogens is 2. The zero-order valence-corrected chi connectivity index (χ0v) is 17.7. The van der Waals surface area contributed by atoms with Gasteiger partial charge in [-0.25, -0.2) is 8.42 Å². The van der Waals surface area contributed by atoms with Gasteiger partial charge >= 0.3 is 5.97 Å². The van der Waals surface area contributed by atoms with E-state index in [9.17, 15) is 18.0 Å². The number of ketones is 1. The maximum atomic E-state index is 12.3. The molecule has 2 N–H and O–H groups in total. The summed E-state index contributed by atoms with van der Waals surface area (Å²) < 4.78 is 36.4. The number of nitrogens with one attached hydrogen (secondary N) is 1. The molecule has 0 spiro atoms. The molecule has 0 bridgehead atoms. The van der Waals surface area contributed by atoms with Crippen LogP contribution in [0.1, 0.15) is 27.6 Å². The third-order valence-corrected chi connectivity index (χ3v) is 5.52. The third kappa shape index (κ3) is 6.33. The number of benzene rings is 2. The van der Waals surface area contributed by atoms with Crippen LogP contribution < -0.4 is 9.46 Å². The van der Waals surface area contributed by atoms with E-state index in [1.54, 1.807) is 37.3 Å². The molecule has 0 aliphatic carbocycles. The second kappa shape index (κ2) is 9.98. The van der Waals surface area contributed by atoms with E-state index in [0.717, 1.165) is 5.56 Å². The van der Waals surface area contributed by atoms with Crippen LogP contribution in [0.5, 0.6) is 5.75 Å². The fourth-order valence-electron chi connectivity index (χ4n) is 2.53. The van der Waals surface area contributed by atoms with Crippen molar-refractivity contribution in [2.24, 2.45) is 0 Å². The van der Waals surface area contributed by atoms with Crippen LogP contribution in [0.3, 0.4) is 0 Å². The minimum Gasteiger partial charge on any atom is -0.485 e. The predicted octanol–water partition coefficient (Wildman–Crippen LogP) is 2.22. The first-order chi connectivity index (χ1) is 15.2. The lowest BCUT2D eigenvalue weighted by atomic mass is 10.1. The van der Waals surface area contributed by atoms with Gasteiger partial charge in [0.05, 0.1) is 4.90 Å². The van der Waals surface area contributed by atoms with Gasteiger partial charge in [0.15, 0.2) is 12.4 Å². The summed E-state index contributed by atoms with van der Waals surface area (Å²) in [5.74, 6) is -0.120. The van der Waals surface area contributed by atoms with E-state index in [1.807, 2.05) is 4.72 Å². The van der Waals surface area contributed by atoms with Gasteiger partial charge in [-0.3, -0.25) is 9.59 Å². The van der Waals surface area contributed by atoms with Gasteiger partial charge in [0, 0.05) is 12.5 Å². The van der Waals surface area contributed by atoms with Gasteiger partial charge < -0.3 is 14.4 Å². The van der Waals surface area contributed by atoms with Crippen molar-refractivity contribution in [1.29, 1.82) is 0 Å². The summed E-state index contributed by atoms with van der Waals surface area (Å²) >= 11 is 0. The highest BCUT2D eigenvalue weighted by molar-refractivity contribution is 7.89. The summed E-state index contributed by atoms with van der Waals surface area (Å²) in [5.41, 5.74) is 1.05. The Hall–Kier alpha value is -3.83. The van der Waals surface area contributed by atoms with E-state index in [2.05, 4.69) is 10.1 Å². The number of aliphatic carboxylic acids is 1. The lowest BCUT2D eigenvalue weighted by Gasteiger charge is -2.05. The van der Waals surface area contributed by atoms with Crippen molar-refractivity contribution < 1.29 is 32.4 Å². The number of ether oxygens (including phenoxy) is 1. The molecule has 1 heterocycles. The van der Waals surface area contributed by atoms with Gasteiger partial charge in [0.25, 0.3) is 0 Å². The third-order valence-electron chi connectivity index (χ3n) is 4.11. The van der Waals surface area contributed by atoms with E-state index in [0.29, 0.717) is 17.5 Å². The van der Waals surface area contributed by atoms with Gasteiger partial charge in [-0.1, -0.05) is 23.4 Å². The average molecular weight is 457 g/mol. The highest BCUT2D eigenvalue weighted by atomic mass is 32.2. The van der Waals surface area contributed by atoms with Crippen molar-refractivity contribution >= 4 is 27.9 Å². The first-order valence-corrected chi connectivity index (χ1v) is 10.8. The van der Waals surface area contributed by atoms with Crippen LogP contribution in [0.15, 0.2) is 64.0 Å². The lowest BCUT2D eigenvalue weighted by molar-refractivity contribution is -0.135. The molecule has 32 heavy (non-hydrogen) atoms. The topological polar surface area (TPSA) is 149 Å². The Morgan fingerprint density at radius 2 is 1.81 bits per heavy atom. The van der Waals surface area contributed by atoms with Crippen LogP contribution in [-0.2, 0) is 21.4 Å². The van der Waals surface area contributed by atoms with Crippen molar-refractivity contribution in [2.45, 2.75) is 18.4 Å². The SMILES string of the molecule is Cc1nc(COc2ccc(/C=C/C(=O)c3ccc(S(=O)(=O)NCC(=O)O)cc3)cc2)no1. The summed E-state index contributed by atoms with van der Waals surface area (Å²) in [6, 6.07) is 12.2. The van der Waals surface area contributed by atoms with Crippen LogP contribution in [0.25, 0.3) is 6.08 Å². The number of aryl methyl sites for hydroxylation is 1. The molecule has 3 rings (SSSR count). The molecule has 11 heteroatoms. The fraction of sp³-hybridized carbons (Fsp3) is 0.143. The summed E-state index contributed by atoms with van der Waals surface area (Å²) in [6.45, 7) is 1.13. The standard InChI is InChI=1S/C21H19N3O7S/c1-14-23-20(24-31-14)13-30-17-7-2-15(3-8-17)4-11-19(25)16-5-9-18(10-6-16)32(28,29)22-12-21(26)27/h2-11,22H,12-13H2,1H3,(H,26,27)/b11-4+. The second-order valence-corrected chi connectivity index (χ2v) is 8.29. The number of carboxylic acid groups (broad SMARTS) is 1. The highest BCUT2D eigenvalue weighted by Gasteiger charge is 2.15. The van der Waals surface area contributed by atoms with Gasteiger partial charge in [0.2, 0.25) is 21.7 Å². The summed E-state index contributed by atoms with van der Waals surface area (Å²) in [4.78, 5) is 26.8. The number of rotatable bonds is 10. The summed E-state index contributed by atoms with van der Waals surface area (Å²) in [7, 11) is -3.96. The summed E-state index contributed by atoms with van der Waals surface area (Å²) in [6.07, 6.45) is 2.98. The molecule has 166 valence electrons. The summed E-state index contributed by atoms with van der Waals surface area (Å²) in [5, 5.41) is 12.3. The molecule has 0 aliphatic heterocycles. The maximum Gasteiger partial charge on any atom is 0.318 e. The Morgan fingerprint density at radius 1 is 1.12 bits per heavy atom. The van der Waals surface area contributed by atoms with Gasteiger partial charge in [-0.05, 0) is 48.0 Å². The molecule has 0 unspecified atom stereocenters. The van der Waals surface area contributed by atoms with Crippen LogP contribution in [0.4, 0.5) is 0 Å². The zero-order chi connectivity index (χ0) is 23.1. The number of carboxylic acids is 1. The molecule has 3 aromatic rings. The first kappa shape index (κ1) is 22.8. The van der Waals surface area contributed by atoms with Crippen LogP contribution in [0, 0.1) is 6.92 Å². The Kier molecular flexibility index (Phi) is 7.13. The van der Waals surface area contributed by atoms with Gasteiger partial charge in [-0.15, -0.1) is 0 Å². The van der Waals surface area contributed by atoms with Crippen LogP contribution in [0.2, 0.25) is 0 Å². The average Bonchev–Trinajstić information content (AvgIpc) is 3.20. The van der Waals surface area contributed by atoms with Crippen molar-refractivity contribution in [3.8, 4) is 5.75 Å². The molecule has 0 saturated heterocycles. The van der Waals surface area contributed by atoms with E-state index < -0.39 is 22.5 Å². The van der Waals surface area contributed by atoms with E-state index in [-0.39, 0.29) is 22.8 Å². The molecule has 0 amide bonds. The number of carbonyl (C=O) groups is 2. The molecule has 0 atom stereocenters. The van der Waals surface area contributed by atoms with Crippen LogP contribution >= 0.6 is 0 Å². The Balaban J connectivity index is 1.57. The molecular formula is C21H19N3O7S. The fourth-order valence-corrected chi connectivity index (χ4v) is 3.50. The number of hydrogen-bond acceptors (Lipinski definition) is 8. The molecule has 0 saturated carbocycles. The van der Waals surface area contributed by atoms with Crippen molar-refractivity contribution in [1.82, 2.24) is 14.9 Å². The number of sulfonamides is 1. The monoisotopic (exact) mass is 457 g/mol. The number of allylic oxidation sites excluding steroid dienone is 1.